The van der Waals surface area contributed by atoms with Crippen LogP contribution in [0, 0.1) is 6.92 Å². The van der Waals surface area contributed by atoms with Crippen LogP contribution >= 0.6 is 0 Å². The number of aromatic amines is 1. The average Bonchev–Trinajstić information content (AvgIpc) is 2.85. The molecule has 0 saturated heterocycles. The monoisotopic (exact) mass is 259 g/mol. The molecule has 0 unspecified atom stereocenters. The third-order valence-corrected chi connectivity index (χ3v) is 2.60. The maximum atomic E-state index is 11.8. The van der Waals surface area contributed by atoms with Crippen molar-refractivity contribution >= 4 is 11.9 Å². The van der Waals surface area contributed by atoms with E-state index in [-0.39, 0.29) is 11.4 Å². The molecule has 0 radical (unpaired) electrons. The van der Waals surface area contributed by atoms with Gasteiger partial charge >= 0.3 is 5.97 Å². The van der Waals surface area contributed by atoms with Gasteiger partial charge in [0.1, 0.15) is 0 Å². The van der Waals surface area contributed by atoms with E-state index in [1.54, 1.807) is 0 Å². The lowest BCUT2D eigenvalue weighted by molar-refractivity contribution is 0.0685. The molecule has 98 valence electrons. The molecule has 1 heterocycles. The lowest BCUT2D eigenvalue weighted by Crippen LogP contribution is -2.25. The summed E-state index contributed by atoms with van der Waals surface area (Å²) in [7, 11) is 0. The highest BCUT2D eigenvalue weighted by molar-refractivity contribution is 6.02. The van der Waals surface area contributed by atoms with Gasteiger partial charge in [0.25, 0.3) is 5.91 Å². The molecule has 2 rings (SSSR count). The second-order valence-electron chi connectivity index (χ2n) is 4.10. The third kappa shape index (κ3) is 2.98. The SMILES string of the molecule is Cc1cccc(CNC(=O)c2nc[nH]c2C(=O)O)c1. The molecule has 1 aromatic carbocycles. The summed E-state index contributed by atoms with van der Waals surface area (Å²) < 4.78 is 0. The Labute approximate surface area is 109 Å². The van der Waals surface area contributed by atoms with Gasteiger partial charge in [-0.25, -0.2) is 9.78 Å². The molecular weight excluding hydrogens is 246 g/mol. The molecule has 0 aliphatic carbocycles. The number of carboxylic acid groups (broad SMARTS) is 1. The number of carbonyl (C=O) groups is 2. The Morgan fingerprint density at radius 3 is 2.89 bits per heavy atom. The molecule has 0 saturated carbocycles. The van der Waals surface area contributed by atoms with Crippen LogP contribution in [-0.4, -0.2) is 27.0 Å². The van der Waals surface area contributed by atoms with Crippen molar-refractivity contribution < 1.29 is 14.7 Å². The molecule has 0 atom stereocenters. The van der Waals surface area contributed by atoms with Crippen LogP contribution in [0.5, 0.6) is 0 Å². The first-order valence-corrected chi connectivity index (χ1v) is 5.68. The van der Waals surface area contributed by atoms with Gasteiger partial charge in [0.15, 0.2) is 11.4 Å². The first-order chi connectivity index (χ1) is 9.08. The summed E-state index contributed by atoms with van der Waals surface area (Å²) in [5, 5.41) is 11.5. The summed E-state index contributed by atoms with van der Waals surface area (Å²) >= 11 is 0. The predicted octanol–water partition coefficient (Wildman–Crippen LogP) is 1.35. The summed E-state index contributed by atoms with van der Waals surface area (Å²) in [5.74, 6) is -1.72. The molecule has 0 spiro atoms. The topological polar surface area (TPSA) is 95.1 Å². The van der Waals surface area contributed by atoms with E-state index in [1.165, 1.54) is 6.33 Å². The molecular formula is C13H13N3O3. The van der Waals surface area contributed by atoms with Crippen LogP contribution < -0.4 is 5.32 Å². The largest absolute Gasteiger partial charge is 0.477 e. The van der Waals surface area contributed by atoms with E-state index in [2.05, 4.69) is 15.3 Å². The van der Waals surface area contributed by atoms with E-state index < -0.39 is 11.9 Å². The number of H-pyrrole nitrogens is 1. The molecule has 19 heavy (non-hydrogen) atoms. The number of benzene rings is 1. The number of hydrogen-bond acceptors (Lipinski definition) is 3. The van der Waals surface area contributed by atoms with Gasteiger partial charge in [-0.05, 0) is 12.5 Å². The first-order valence-electron chi connectivity index (χ1n) is 5.68. The van der Waals surface area contributed by atoms with Gasteiger partial charge in [-0.2, -0.15) is 0 Å². The van der Waals surface area contributed by atoms with E-state index in [0.29, 0.717) is 6.54 Å². The number of aromatic nitrogens is 2. The van der Waals surface area contributed by atoms with Gasteiger partial charge in [-0.1, -0.05) is 29.8 Å². The Bertz CT molecular complexity index is 619. The van der Waals surface area contributed by atoms with E-state index in [9.17, 15) is 9.59 Å². The quantitative estimate of drug-likeness (QED) is 0.772. The predicted molar refractivity (Wildman–Crippen MR) is 67.9 cm³/mol. The van der Waals surface area contributed by atoms with Crippen molar-refractivity contribution in [2.45, 2.75) is 13.5 Å². The molecule has 0 bridgehead atoms. The number of carbonyl (C=O) groups excluding carboxylic acids is 1. The molecule has 0 aliphatic heterocycles. The molecule has 3 N–H and O–H groups in total. The van der Waals surface area contributed by atoms with Crippen molar-refractivity contribution in [2.75, 3.05) is 0 Å². The number of hydrogen-bond donors (Lipinski definition) is 3. The molecule has 1 amide bonds. The number of imidazole rings is 1. The maximum Gasteiger partial charge on any atom is 0.354 e. The maximum absolute atomic E-state index is 11.8. The lowest BCUT2D eigenvalue weighted by atomic mass is 10.1. The van der Waals surface area contributed by atoms with Crippen molar-refractivity contribution in [3.63, 3.8) is 0 Å². The van der Waals surface area contributed by atoms with Crippen LogP contribution in [0.15, 0.2) is 30.6 Å². The zero-order chi connectivity index (χ0) is 13.8. The van der Waals surface area contributed by atoms with Crippen LogP contribution in [0.1, 0.15) is 32.1 Å². The average molecular weight is 259 g/mol. The Hall–Kier alpha value is -2.63. The molecule has 1 aromatic heterocycles. The fraction of sp³-hybridized carbons (Fsp3) is 0.154. The normalized spacial score (nSPS) is 10.2. The smallest absolute Gasteiger partial charge is 0.354 e. The van der Waals surface area contributed by atoms with E-state index in [1.807, 2.05) is 31.2 Å². The number of rotatable bonds is 4. The van der Waals surface area contributed by atoms with Crippen LogP contribution in [-0.2, 0) is 6.54 Å². The Kier molecular flexibility index (Phi) is 3.61. The summed E-state index contributed by atoms with van der Waals surface area (Å²) in [6.45, 7) is 2.29. The van der Waals surface area contributed by atoms with Crippen LogP contribution in [0.2, 0.25) is 0 Å². The second-order valence-corrected chi connectivity index (χ2v) is 4.10. The highest BCUT2D eigenvalue weighted by Crippen LogP contribution is 2.05. The van der Waals surface area contributed by atoms with Crippen molar-refractivity contribution in [3.8, 4) is 0 Å². The fourth-order valence-corrected chi connectivity index (χ4v) is 1.72. The van der Waals surface area contributed by atoms with Gasteiger partial charge in [0.2, 0.25) is 0 Å². The number of carboxylic acids is 1. The lowest BCUT2D eigenvalue weighted by Gasteiger charge is -2.05. The zero-order valence-corrected chi connectivity index (χ0v) is 10.3. The van der Waals surface area contributed by atoms with E-state index in [0.717, 1.165) is 11.1 Å². The minimum absolute atomic E-state index is 0.111. The molecule has 0 aliphatic rings. The van der Waals surface area contributed by atoms with Crippen molar-refractivity contribution in [2.24, 2.45) is 0 Å². The number of aryl methyl sites for hydroxylation is 1. The fourth-order valence-electron chi connectivity index (χ4n) is 1.72. The van der Waals surface area contributed by atoms with Crippen molar-refractivity contribution in [3.05, 3.63) is 53.1 Å². The molecule has 0 fully saturated rings. The Balaban J connectivity index is 2.05. The van der Waals surface area contributed by atoms with E-state index >= 15 is 0 Å². The highest BCUT2D eigenvalue weighted by Gasteiger charge is 2.19. The van der Waals surface area contributed by atoms with E-state index in [4.69, 9.17) is 5.11 Å². The number of nitrogens with one attached hydrogen (secondary N) is 2. The molecule has 6 heteroatoms. The second kappa shape index (κ2) is 5.34. The standard InChI is InChI=1S/C13H13N3O3/c1-8-3-2-4-9(5-8)6-14-12(17)10-11(13(18)19)16-7-15-10/h2-5,7H,6H2,1H3,(H,14,17)(H,15,16)(H,18,19). The number of nitrogens with zero attached hydrogens (tertiary/aromatic N) is 1. The van der Waals surface area contributed by atoms with Crippen LogP contribution in [0.25, 0.3) is 0 Å². The zero-order valence-electron chi connectivity index (χ0n) is 10.3. The van der Waals surface area contributed by atoms with Crippen molar-refractivity contribution in [1.82, 2.24) is 15.3 Å². The van der Waals surface area contributed by atoms with Gasteiger partial charge < -0.3 is 15.4 Å². The summed E-state index contributed by atoms with van der Waals surface area (Å²) in [5.41, 5.74) is 1.72. The number of amides is 1. The first kappa shape index (κ1) is 12.8. The van der Waals surface area contributed by atoms with Crippen LogP contribution in [0.3, 0.4) is 0 Å². The summed E-state index contributed by atoms with van der Waals surface area (Å²) in [6, 6.07) is 7.69. The van der Waals surface area contributed by atoms with Gasteiger partial charge in [-0.15, -0.1) is 0 Å². The van der Waals surface area contributed by atoms with Gasteiger partial charge in [0, 0.05) is 6.54 Å². The Morgan fingerprint density at radius 1 is 1.42 bits per heavy atom. The van der Waals surface area contributed by atoms with Crippen LogP contribution in [0.4, 0.5) is 0 Å². The van der Waals surface area contributed by atoms with Gasteiger partial charge in [-0.3, -0.25) is 4.79 Å². The number of aromatic carboxylic acids is 1. The summed E-state index contributed by atoms with van der Waals surface area (Å²) in [4.78, 5) is 28.8. The third-order valence-electron chi connectivity index (χ3n) is 2.60. The summed E-state index contributed by atoms with van der Waals surface area (Å²) in [6.07, 6.45) is 1.19. The Morgan fingerprint density at radius 2 is 2.21 bits per heavy atom. The molecule has 2 aromatic rings. The van der Waals surface area contributed by atoms with Gasteiger partial charge in [0.05, 0.1) is 6.33 Å². The molecule has 6 nitrogen and oxygen atoms in total. The highest BCUT2D eigenvalue weighted by atomic mass is 16.4. The minimum atomic E-state index is -1.21. The van der Waals surface area contributed by atoms with Crippen molar-refractivity contribution in [1.29, 1.82) is 0 Å². The minimum Gasteiger partial charge on any atom is -0.477 e.